The average Bonchev–Trinajstić information content (AvgIpc) is 2.96. The van der Waals surface area contributed by atoms with Gasteiger partial charge in [-0.2, -0.15) is 0 Å². The third-order valence-electron chi connectivity index (χ3n) is 8.46. The van der Waals surface area contributed by atoms with E-state index in [0.717, 1.165) is 45.7 Å². The predicted molar refractivity (Wildman–Crippen MR) is 161 cm³/mol. The van der Waals surface area contributed by atoms with Crippen molar-refractivity contribution in [3.05, 3.63) is 83.2 Å². The first-order valence-electron chi connectivity index (χ1n) is 14.1. The Labute approximate surface area is 240 Å². The Morgan fingerprint density at radius 1 is 1.07 bits per heavy atom. The van der Waals surface area contributed by atoms with Gasteiger partial charge in [-0.3, -0.25) is 19.5 Å². The van der Waals surface area contributed by atoms with Crippen molar-refractivity contribution in [1.82, 2.24) is 9.88 Å². The van der Waals surface area contributed by atoms with Crippen LogP contribution < -0.4 is 10.2 Å². The van der Waals surface area contributed by atoms with Crippen molar-refractivity contribution in [1.29, 1.82) is 0 Å². The maximum Gasteiger partial charge on any atom is 0.411 e. The molecule has 41 heavy (non-hydrogen) atoms. The monoisotopic (exact) mass is 552 g/mol. The van der Waals surface area contributed by atoms with Crippen LogP contribution in [0.2, 0.25) is 0 Å². The number of carbonyl (C=O) groups excluding carboxylic acids is 2. The van der Waals surface area contributed by atoms with E-state index < -0.39 is 6.09 Å². The average molecular weight is 553 g/mol. The molecule has 2 N–H and O–H groups in total. The van der Waals surface area contributed by atoms with Crippen LogP contribution in [-0.2, 0) is 9.59 Å². The molecule has 3 heterocycles. The van der Waals surface area contributed by atoms with Gasteiger partial charge in [0.05, 0.1) is 17.4 Å². The SMILES string of the molecule is Cc1cccc(C2=CC(=O)N([C@H]3CCC[C@@H](C)C(=O)Nc4cc(N(C)C(=O)O)ccc4-c4ccnc3c4)CC2)c1C. The Morgan fingerprint density at radius 2 is 1.88 bits per heavy atom. The van der Waals surface area contributed by atoms with Crippen molar-refractivity contribution in [2.45, 2.75) is 52.5 Å². The predicted octanol–water partition coefficient (Wildman–Crippen LogP) is 6.60. The zero-order valence-corrected chi connectivity index (χ0v) is 24.0. The number of nitrogens with zero attached hydrogens (tertiary/aromatic N) is 3. The molecule has 8 heteroatoms. The zero-order chi connectivity index (χ0) is 29.3. The smallest absolute Gasteiger partial charge is 0.411 e. The second-order valence-electron chi connectivity index (χ2n) is 11.1. The highest BCUT2D eigenvalue weighted by Gasteiger charge is 2.30. The fraction of sp³-hybridized carbons (Fsp3) is 0.333. The summed E-state index contributed by atoms with van der Waals surface area (Å²) in [5.74, 6) is -0.408. The van der Waals surface area contributed by atoms with Crippen molar-refractivity contribution < 1.29 is 19.5 Å². The fourth-order valence-electron chi connectivity index (χ4n) is 5.75. The molecule has 2 aliphatic rings. The molecule has 0 saturated heterocycles. The number of benzene rings is 2. The summed E-state index contributed by atoms with van der Waals surface area (Å²) in [6.45, 7) is 6.67. The number of fused-ring (bicyclic) bond motifs is 4. The van der Waals surface area contributed by atoms with Gasteiger partial charge in [-0.15, -0.1) is 0 Å². The molecule has 3 aromatic rings. The highest BCUT2D eigenvalue weighted by atomic mass is 16.4. The van der Waals surface area contributed by atoms with Gasteiger partial charge in [0.1, 0.15) is 0 Å². The van der Waals surface area contributed by atoms with Crippen molar-refractivity contribution in [2.24, 2.45) is 5.92 Å². The molecular formula is C33H36N4O4. The largest absolute Gasteiger partial charge is 0.465 e. The molecular weight excluding hydrogens is 516 g/mol. The molecule has 0 fully saturated rings. The van der Waals surface area contributed by atoms with Crippen molar-refractivity contribution in [2.75, 3.05) is 23.8 Å². The molecule has 5 rings (SSSR count). The van der Waals surface area contributed by atoms with Crippen LogP contribution in [0.15, 0.2) is 60.8 Å². The summed E-state index contributed by atoms with van der Waals surface area (Å²) in [5.41, 5.74) is 7.98. The van der Waals surface area contributed by atoms with Crippen molar-refractivity contribution in [3.8, 4) is 11.1 Å². The molecule has 212 valence electrons. The lowest BCUT2D eigenvalue weighted by molar-refractivity contribution is -0.129. The van der Waals surface area contributed by atoms with Crippen molar-refractivity contribution >= 4 is 34.9 Å². The lowest BCUT2D eigenvalue weighted by atomic mass is 9.91. The Bertz CT molecular complexity index is 1550. The number of hydrogen-bond acceptors (Lipinski definition) is 4. The molecule has 8 nitrogen and oxygen atoms in total. The van der Waals surface area contributed by atoms with Crippen LogP contribution in [0.25, 0.3) is 16.7 Å². The summed E-state index contributed by atoms with van der Waals surface area (Å²) in [6.07, 6.45) is 5.27. The summed E-state index contributed by atoms with van der Waals surface area (Å²) >= 11 is 0. The number of anilines is 2. The van der Waals surface area contributed by atoms with Gasteiger partial charge in [-0.05, 0) is 85.2 Å². The van der Waals surface area contributed by atoms with Gasteiger partial charge in [0.15, 0.2) is 0 Å². The summed E-state index contributed by atoms with van der Waals surface area (Å²) < 4.78 is 0. The molecule has 3 amide bonds. The van der Waals surface area contributed by atoms with Crippen LogP contribution in [-0.4, -0.2) is 46.5 Å². The fourth-order valence-corrected chi connectivity index (χ4v) is 5.75. The lowest BCUT2D eigenvalue weighted by Crippen LogP contribution is -2.38. The number of aromatic nitrogens is 1. The molecule has 0 unspecified atom stereocenters. The van der Waals surface area contributed by atoms with Gasteiger partial charge in [0, 0.05) is 43.0 Å². The normalized spacial score (nSPS) is 19.3. The van der Waals surface area contributed by atoms with Crippen LogP contribution in [0, 0.1) is 19.8 Å². The molecule has 0 aliphatic carbocycles. The Kier molecular flexibility index (Phi) is 7.92. The van der Waals surface area contributed by atoms with Gasteiger partial charge >= 0.3 is 6.09 Å². The number of hydrogen-bond donors (Lipinski definition) is 2. The number of nitrogens with one attached hydrogen (secondary N) is 1. The maximum absolute atomic E-state index is 13.6. The topological polar surface area (TPSA) is 103 Å². The van der Waals surface area contributed by atoms with Gasteiger partial charge in [0.25, 0.3) is 0 Å². The molecule has 0 radical (unpaired) electrons. The second-order valence-corrected chi connectivity index (χ2v) is 11.1. The summed E-state index contributed by atoms with van der Waals surface area (Å²) in [4.78, 5) is 46.1. The van der Waals surface area contributed by atoms with E-state index in [9.17, 15) is 19.5 Å². The number of carbonyl (C=O) groups is 3. The van der Waals surface area contributed by atoms with Gasteiger partial charge in [-0.1, -0.05) is 37.6 Å². The minimum Gasteiger partial charge on any atom is -0.465 e. The first kappa shape index (κ1) is 28.1. The standard InChI is InChI=1S/C33H36N4O4/c1-20-7-5-9-26(22(20)3)24-14-16-37(31(38)18-24)30-10-6-8-21(2)32(39)35-28-19-25(36(4)33(40)41)11-12-27(28)23-13-15-34-29(30)17-23/h5,7,9,11-13,15,17-19,21,30H,6,8,10,14,16H2,1-4H3,(H,35,39)(H,40,41)/t21-,30+/m1/s1. The summed E-state index contributed by atoms with van der Waals surface area (Å²) in [5, 5.41) is 12.5. The van der Waals surface area contributed by atoms with Gasteiger partial charge < -0.3 is 15.3 Å². The van der Waals surface area contributed by atoms with E-state index in [-0.39, 0.29) is 23.8 Å². The van der Waals surface area contributed by atoms with E-state index in [0.29, 0.717) is 30.8 Å². The van der Waals surface area contributed by atoms with Crippen LogP contribution in [0.3, 0.4) is 0 Å². The number of amides is 3. The minimum atomic E-state index is -1.09. The molecule has 2 aromatic carbocycles. The van der Waals surface area contributed by atoms with E-state index in [1.807, 2.05) is 36.1 Å². The van der Waals surface area contributed by atoms with Gasteiger partial charge in [-0.25, -0.2) is 4.79 Å². The van der Waals surface area contributed by atoms with E-state index in [4.69, 9.17) is 4.98 Å². The molecule has 2 aliphatic heterocycles. The number of carboxylic acid groups (broad SMARTS) is 1. The van der Waals surface area contributed by atoms with Crippen molar-refractivity contribution in [3.63, 3.8) is 0 Å². The van der Waals surface area contributed by atoms with E-state index in [1.54, 1.807) is 24.4 Å². The quantitative estimate of drug-likeness (QED) is 0.381. The Morgan fingerprint density at radius 3 is 2.63 bits per heavy atom. The molecule has 2 atom stereocenters. The van der Waals surface area contributed by atoms with Crippen LogP contribution in [0.4, 0.5) is 16.2 Å². The Hall–Kier alpha value is -4.46. The second kappa shape index (κ2) is 11.6. The van der Waals surface area contributed by atoms with Crippen LogP contribution in [0.1, 0.15) is 61.0 Å². The van der Waals surface area contributed by atoms with E-state index in [2.05, 4.69) is 31.3 Å². The summed E-state index contributed by atoms with van der Waals surface area (Å²) in [7, 11) is 1.47. The minimum absolute atomic E-state index is 0.0241. The van der Waals surface area contributed by atoms with E-state index in [1.165, 1.54) is 18.2 Å². The first-order chi connectivity index (χ1) is 19.6. The molecule has 1 aromatic heterocycles. The third kappa shape index (κ3) is 5.73. The summed E-state index contributed by atoms with van der Waals surface area (Å²) in [6, 6.07) is 15.1. The molecule has 2 bridgehead atoms. The Balaban J connectivity index is 1.53. The van der Waals surface area contributed by atoms with Crippen LogP contribution in [0.5, 0.6) is 0 Å². The van der Waals surface area contributed by atoms with E-state index >= 15 is 0 Å². The number of rotatable bonds is 3. The third-order valence-corrected chi connectivity index (χ3v) is 8.46. The molecule has 0 saturated carbocycles. The number of pyridine rings is 1. The highest BCUT2D eigenvalue weighted by molar-refractivity contribution is 5.99. The highest BCUT2D eigenvalue weighted by Crippen LogP contribution is 2.37. The lowest BCUT2D eigenvalue weighted by Gasteiger charge is -2.35. The number of aryl methyl sites for hydroxylation is 1. The zero-order valence-electron chi connectivity index (χ0n) is 24.0. The van der Waals surface area contributed by atoms with Crippen LogP contribution >= 0.6 is 0 Å². The molecule has 0 spiro atoms. The first-order valence-corrected chi connectivity index (χ1v) is 14.1. The van der Waals surface area contributed by atoms with Gasteiger partial charge in [0.2, 0.25) is 11.8 Å². The maximum atomic E-state index is 13.6.